The molecule has 0 bridgehead atoms. The molecule has 1 aromatic carbocycles. The number of nitrogens with one attached hydrogen (secondary N) is 1. The van der Waals surface area contributed by atoms with Gasteiger partial charge in [0, 0.05) is 19.4 Å². The average molecular weight is 430 g/mol. The van der Waals surface area contributed by atoms with E-state index in [1.165, 1.54) is 6.33 Å². The van der Waals surface area contributed by atoms with Crippen molar-refractivity contribution >= 4 is 21.6 Å². The lowest BCUT2D eigenvalue weighted by atomic mass is 9.84. The van der Waals surface area contributed by atoms with Gasteiger partial charge in [-0.05, 0) is 55.7 Å². The second-order valence-corrected chi connectivity index (χ2v) is 10.3. The highest BCUT2D eigenvalue weighted by atomic mass is 32.2. The van der Waals surface area contributed by atoms with Crippen LogP contribution >= 0.6 is 0 Å². The predicted octanol–water partition coefficient (Wildman–Crippen LogP) is 3.34. The summed E-state index contributed by atoms with van der Waals surface area (Å²) in [6.07, 6.45) is 7.57. The Morgan fingerprint density at radius 3 is 2.57 bits per heavy atom. The quantitative estimate of drug-likeness (QED) is 0.725. The molecule has 2 heterocycles. The van der Waals surface area contributed by atoms with Crippen LogP contribution in [0.3, 0.4) is 0 Å². The molecule has 1 aromatic heterocycles. The molecule has 1 atom stereocenters. The molecule has 0 spiro atoms. The van der Waals surface area contributed by atoms with Gasteiger partial charge in [-0.2, -0.15) is 0 Å². The number of carbonyl (C=O) groups is 1. The van der Waals surface area contributed by atoms with Crippen LogP contribution in [0.25, 0.3) is 0 Å². The molecule has 1 amide bonds. The third-order valence-electron chi connectivity index (χ3n) is 6.15. The maximum absolute atomic E-state index is 13.3. The van der Waals surface area contributed by atoms with E-state index in [9.17, 15) is 13.2 Å². The highest BCUT2D eigenvalue weighted by Gasteiger charge is 2.37. The van der Waals surface area contributed by atoms with Gasteiger partial charge in [0.1, 0.15) is 12.1 Å². The molecule has 1 saturated heterocycles. The Balaban J connectivity index is 1.67. The number of sulfone groups is 1. The third-order valence-corrected chi connectivity index (χ3v) is 8.49. The Labute approximate surface area is 177 Å². The first kappa shape index (κ1) is 20.9. The van der Waals surface area contributed by atoms with E-state index in [4.69, 9.17) is 4.74 Å². The van der Waals surface area contributed by atoms with Gasteiger partial charge in [-0.1, -0.05) is 24.6 Å². The normalized spacial score (nSPS) is 19.1. The van der Waals surface area contributed by atoms with Crippen molar-refractivity contribution in [2.45, 2.75) is 54.6 Å². The van der Waals surface area contributed by atoms with Crippen molar-refractivity contribution in [3.8, 4) is 0 Å². The van der Waals surface area contributed by atoms with Crippen LogP contribution in [0.4, 0.5) is 5.82 Å². The molecular weight excluding hydrogens is 402 g/mol. The van der Waals surface area contributed by atoms with E-state index in [0.29, 0.717) is 54.7 Å². The molecule has 7 nitrogen and oxygen atoms in total. The number of carbonyl (C=O) groups excluding carboxylic acids is 1. The fraction of sp³-hybridized carbons (Fsp3) is 0.500. The minimum atomic E-state index is -3.46. The van der Waals surface area contributed by atoms with Crippen molar-refractivity contribution in [3.05, 3.63) is 48.4 Å². The number of ether oxygens (including phenoxy) is 1. The molecule has 1 aliphatic carbocycles. The number of hydrogen-bond donors (Lipinski definition) is 1. The average Bonchev–Trinajstić information content (AvgIpc) is 2.72. The van der Waals surface area contributed by atoms with Crippen LogP contribution < -0.4 is 5.32 Å². The number of rotatable bonds is 7. The number of amides is 1. The van der Waals surface area contributed by atoms with Crippen LogP contribution in [-0.2, 0) is 19.4 Å². The maximum atomic E-state index is 13.3. The number of anilines is 1. The van der Waals surface area contributed by atoms with Crippen molar-refractivity contribution in [1.82, 2.24) is 9.97 Å². The van der Waals surface area contributed by atoms with Gasteiger partial charge < -0.3 is 10.1 Å². The summed E-state index contributed by atoms with van der Waals surface area (Å²) in [6.45, 7) is 1.35. The zero-order valence-corrected chi connectivity index (χ0v) is 17.7. The third kappa shape index (κ3) is 4.54. The van der Waals surface area contributed by atoms with E-state index in [2.05, 4.69) is 15.3 Å². The summed E-state index contributed by atoms with van der Waals surface area (Å²) >= 11 is 0. The Kier molecular flexibility index (Phi) is 6.43. The molecule has 2 aliphatic rings. The van der Waals surface area contributed by atoms with Crippen LogP contribution in [0.15, 0.2) is 47.8 Å². The molecule has 1 N–H and O–H groups in total. The first-order valence-corrected chi connectivity index (χ1v) is 12.1. The largest absolute Gasteiger partial charge is 0.381 e. The lowest BCUT2D eigenvalue weighted by molar-refractivity contribution is -0.118. The number of hydrogen-bond acceptors (Lipinski definition) is 6. The van der Waals surface area contributed by atoms with Crippen LogP contribution in [0.2, 0.25) is 0 Å². The molecule has 8 heteroatoms. The zero-order chi connectivity index (χ0) is 21.0. The van der Waals surface area contributed by atoms with Gasteiger partial charge >= 0.3 is 0 Å². The van der Waals surface area contributed by atoms with Gasteiger partial charge in [-0.15, -0.1) is 0 Å². The highest BCUT2D eigenvalue weighted by molar-refractivity contribution is 7.92. The van der Waals surface area contributed by atoms with Crippen LogP contribution in [0.1, 0.15) is 50.0 Å². The summed E-state index contributed by atoms with van der Waals surface area (Å²) in [5.74, 6) is -0.101. The van der Waals surface area contributed by atoms with Crippen molar-refractivity contribution in [2.24, 2.45) is 5.92 Å². The van der Waals surface area contributed by atoms with Gasteiger partial charge in [0.25, 0.3) is 0 Å². The van der Waals surface area contributed by atoms with E-state index >= 15 is 0 Å². The minimum Gasteiger partial charge on any atom is -0.381 e. The number of nitrogens with zero attached hydrogens (tertiary/aromatic N) is 2. The second-order valence-electron chi connectivity index (χ2n) is 8.06. The molecule has 0 unspecified atom stereocenters. The SMILES string of the molecule is O=C(Nc1ccncn1)[C@H](CC1CCOCC1)c1ccccc1S(=O)(=O)C1CCC1. The predicted molar refractivity (Wildman–Crippen MR) is 113 cm³/mol. The van der Waals surface area contributed by atoms with Crippen LogP contribution in [0, 0.1) is 5.92 Å². The molecular formula is C22H27N3O4S. The minimum absolute atomic E-state index is 0.239. The molecule has 1 saturated carbocycles. The summed E-state index contributed by atoms with van der Waals surface area (Å²) in [7, 11) is -3.46. The van der Waals surface area contributed by atoms with Crippen molar-refractivity contribution in [3.63, 3.8) is 0 Å². The Morgan fingerprint density at radius 2 is 1.90 bits per heavy atom. The summed E-state index contributed by atoms with van der Waals surface area (Å²) in [6, 6.07) is 8.61. The Hall–Kier alpha value is -2.32. The molecule has 4 rings (SSSR count). The summed E-state index contributed by atoms with van der Waals surface area (Å²) in [5.41, 5.74) is 0.586. The smallest absolute Gasteiger partial charge is 0.233 e. The first-order chi connectivity index (χ1) is 14.6. The topological polar surface area (TPSA) is 98.2 Å². The molecule has 2 aromatic rings. The van der Waals surface area contributed by atoms with E-state index in [1.807, 2.05) is 6.07 Å². The van der Waals surface area contributed by atoms with E-state index in [0.717, 1.165) is 19.3 Å². The fourth-order valence-electron chi connectivity index (χ4n) is 4.16. The summed E-state index contributed by atoms with van der Waals surface area (Å²) in [4.78, 5) is 21.6. The molecule has 2 fully saturated rings. The van der Waals surface area contributed by atoms with Crippen LogP contribution in [-0.4, -0.2) is 42.8 Å². The van der Waals surface area contributed by atoms with Crippen molar-refractivity contribution in [2.75, 3.05) is 18.5 Å². The second kappa shape index (κ2) is 9.22. The lowest BCUT2D eigenvalue weighted by Crippen LogP contribution is -2.31. The van der Waals surface area contributed by atoms with Crippen molar-refractivity contribution < 1.29 is 17.9 Å². The fourth-order valence-corrected chi connectivity index (χ4v) is 6.28. The molecule has 30 heavy (non-hydrogen) atoms. The van der Waals surface area contributed by atoms with Gasteiger partial charge in [0.15, 0.2) is 9.84 Å². The molecule has 160 valence electrons. The number of benzene rings is 1. The monoisotopic (exact) mass is 429 g/mol. The van der Waals surface area contributed by atoms with Crippen molar-refractivity contribution in [1.29, 1.82) is 0 Å². The van der Waals surface area contributed by atoms with E-state index < -0.39 is 15.8 Å². The molecule has 0 radical (unpaired) electrons. The first-order valence-electron chi connectivity index (χ1n) is 10.5. The van der Waals surface area contributed by atoms with Gasteiger partial charge in [-0.3, -0.25) is 4.79 Å². The lowest BCUT2D eigenvalue weighted by Gasteiger charge is -2.30. The van der Waals surface area contributed by atoms with E-state index in [1.54, 1.807) is 30.5 Å². The van der Waals surface area contributed by atoms with Gasteiger partial charge in [-0.25, -0.2) is 18.4 Å². The standard InChI is InChI=1S/C22H27N3O4S/c26-22(25-21-8-11-23-15-24-21)19(14-16-9-12-29-13-10-16)18-6-1-2-7-20(18)30(27,28)17-4-3-5-17/h1-2,6-8,11,15-17,19H,3-5,9-10,12-14H2,(H,23,24,25,26)/t19-/m1/s1. The highest BCUT2D eigenvalue weighted by Crippen LogP contribution is 2.38. The van der Waals surface area contributed by atoms with Crippen LogP contribution in [0.5, 0.6) is 0 Å². The number of aromatic nitrogens is 2. The molecule has 1 aliphatic heterocycles. The summed E-state index contributed by atoms with van der Waals surface area (Å²) in [5, 5.41) is 2.51. The summed E-state index contributed by atoms with van der Waals surface area (Å²) < 4.78 is 31.9. The van der Waals surface area contributed by atoms with Gasteiger partial charge in [0.05, 0.1) is 16.1 Å². The maximum Gasteiger partial charge on any atom is 0.233 e. The van der Waals surface area contributed by atoms with Gasteiger partial charge in [0.2, 0.25) is 5.91 Å². The Morgan fingerprint density at radius 1 is 1.13 bits per heavy atom. The zero-order valence-electron chi connectivity index (χ0n) is 16.9. The van der Waals surface area contributed by atoms with E-state index in [-0.39, 0.29) is 11.2 Å². The Bertz CT molecular complexity index is 971.